The summed E-state index contributed by atoms with van der Waals surface area (Å²) >= 11 is 0. The number of hydrogen-bond donors (Lipinski definition) is 6. The highest BCUT2D eigenvalue weighted by Gasteiger charge is 2.48. The summed E-state index contributed by atoms with van der Waals surface area (Å²) in [6.07, 6.45) is -2.32. The van der Waals surface area contributed by atoms with Gasteiger partial charge in [-0.2, -0.15) is 0 Å². The Labute approximate surface area is 166 Å². The molecular formula is C16H24N6O7. The maximum absolute atomic E-state index is 11.9. The second-order valence-corrected chi connectivity index (χ2v) is 6.55. The van der Waals surface area contributed by atoms with Crippen molar-refractivity contribution in [2.75, 3.05) is 20.3 Å². The van der Waals surface area contributed by atoms with Crippen molar-refractivity contribution >= 4 is 24.7 Å². The molecule has 1 fully saturated rings. The van der Waals surface area contributed by atoms with Crippen molar-refractivity contribution in [3.05, 3.63) is 11.5 Å². The number of nitrogens with zero attached hydrogens (tertiary/aromatic N) is 3. The number of aliphatic hydroxyl groups is 3. The molecule has 29 heavy (non-hydrogen) atoms. The number of rotatable bonds is 7. The second-order valence-electron chi connectivity index (χ2n) is 6.55. The van der Waals surface area contributed by atoms with Crippen LogP contribution in [0.2, 0.25) is 0 Å². The highest BCUT2D eigenvalue weighted by molar-refractivity contribution is 5.79. The van der Waals surface area contributed by atoms with E-state index in [-0.39, 0.29) is 31.3 Å². The number of carbonyl (C=O) groups is 2. The average molecular weight is 412 g/mol. The number of methoxy groups -OCH3 is 1. The normalized spacial score (nSPS) is 30.2. The Morgan fingerprint density at radius 1 is 1.34 bits per heavy atom. The molecule has 13 nitrogen and oxygen atoms in total. The monoisotopic (exact) mass is 412 g/mol. The zero-order valence-corrected chi connectivity index (χ0v) is 15.7. The van der Waals surface area contributed by atoms with E-state index >= 15 is 0 Å². The van der Waals surface area contributed by atoms with E-state index in [1.54, 1.807) is 4.90 Å². The van der Waals surface area contributed by atoms with Crippen molar-refractivity contribution < 1.29 is 34.4 Å². The van der Waals surface area contributed by atoms with Gasteiger partial charge < -0.3 is 45.6 Å². The summed E-state index contributed by atoms with van der Waals surface area (Å²) in [4.78, 5) is 33.0. The molecule has 13 heteroatoms. The van der Waals surface area contributed by atoms with Gasteiger partial charge in [0.2, 0.25) is 5.91 Å². The third kappa shape index (κ3) is 4.48. The number of ether oxygens (including phenoxy) is 2. The van der Waals surface area contributed by atoms with E-state index in [9.17, 15) is 19.8 Å². The van der Waals surface area contributed by atoms with Crippen LogP contribution in [-0.2, 0) is 14.3 Å². The van der Waals surface area contributed by atoms with Crippen molar-refractivity contribution in [3.63, 3.8) is 0 Å². The molecule has 160 valence electrons. The van der Waals surface area contributed by atoms with E-state index < -0.39 is 36.8 Å². The standard InChI is InChI=1S/C16H24N6O7/c1-28-16(27)17-5-8-11(25)12(26)15(29-8)22-7-20-10-13(18-6-19-14(10)22)21-9(24)3-2-4-23/h6-8,11-12,14-15,23,25-26H,2-5H2,1H3,(H,17,27)(H,18,19)(H,21,24)/t8-,11-,12-,14?,15-/m1/s1. The van der Waals surface area contributed by atoms with Gasteiger partial charge in [-0.05, 0) is 6.42 Å². The summed E-state index contributed by atoms with van der Waals surface area (Å²) in [6, 6.07) is 0. The molecule has 0 bridgehead atoms. The van der Waals surface area contributed by atoms with Gasteiger partial charge in [-0.3, -0.25) is 4.79 Å². The van der Waals surface area contributed by atoms with Crippen LogP contribution < -0.4 is 16.0 Å². The van der Waals surface area contributed by atoms with Crippen molar-refractivity contribution in [3.8, 4) is 0 Å². The highest BCUT2D eigenvalue weighted by atomic mass is 16.6. The molecule has 0 aromatic carbocycles. The van der Waals surface area contributed by atoms with E-state index in [1.165, 1.54) is 19.8 Å². The minimum Gasteiger partial charge on any atom is -0.453 e. The predicted octanol–water partition coefficient (Wildman–Crippen LogP) is -2.85. The molecule has 0 aromatic rings. The lowest BCUT2D eigenvalue weighted by Crippen LogP contribution is -2.53. The maximum atomic E-state index is 11.9. The minimum absolute atomic E-state index is 0.0548. The first kappa shape index (κ1) is 21.0. The summed E-state index contributed by atoms with van der Waals surface area (Å²) in [5, 5.41) is 37.5. The number of fused-ring (bicyclic) bond motifs is 1. The van der Waals surface area contributed by atoms with Gasteiger partial charge in [0.15, 0.2) is 18.2 Å². The number of amides is 2. The van der Waals surface area contributed by atoms with Crippen LogP contribution in [0.4, 0.5) is 4.79 Å². The molecule has 0 spiro atoms. The van der Waals surface area contributed by atoms with Crippen molar-refractivity contribution in [2.45, 2.75) is 43.5 Å². The van der Waals surface area contributed by atoms with Crippen molar-refractivity contribution in [1.82, 2.24) is 20.9 Å². The van der Waals surface area contributed by atoms with Gasteiger partial charge in [0.25, 0.3) is 0 Å². The van der Waals surface area contributed by atoms with Crippen molar-refractivity contribution in [2.24, 2.45) is 9.98 Å². The van der Waals surface area contributed by atoms with Crippen LogP contribution >= 0.6 is 0 Å². The molecular weight excluding hydrogens is 388 g/mol. The molecule has 0 radical (unpaired) electrons. The third-order valence-corrected chi connectivity index (χ3v) is 4.64. The lowest BCUT2D eigenvalue weighted by molar-refractivity contribution is -0.120. The number of hydrogen-bond acceptors (Lipinski definition) is 11. The molecule has 3 aliphatic rings. The van der Waals surface area contributed by atoms with Crippen LogP contribution in [0.1, 0.15) is 12.8 Å². The lowest BCUT2D eigenvalue weighted by Gasteiger charge is -2.32. The Morgan fingerprint density at radius 3 is 2.86 bits per heavy atom. The van der Waals surface area contributed by atoms with Crippen molar-refractivity contribution in [1.29, 1.82) is 0 Å². The van der Waals surface area contributed by atoms with Gasteiger partial charge in [0, 0.05) is 19.6 Å². The Bertz CT molecular complexity index is 727. The fraction of sp³-hybridized carbons (Fsp3) is 0.625. The fourth-order valence-electron chi connectivity index (χ4n) is 3.14. The smallest absolute Gasteiger partial charge is 0.406 e. The maximum Gasteiger partial charge on any atom is 0.406 e. The summed E-state index contributed by atoms with van der Waals surface area (Å²) in [5.41, 5.74) is 0.409. The van der Waals surface area contributed by atoms with Crippen LogP contribution in [0.3, 0.4) is 0 Å². The Balaban J connectivity index is 1.67. The van der Waals surface area contributed by atoms with Gasteiger partial charge in [0.1, 0.15) is 24.0 Å². The average Bonchev–Trinajstić information content (AvgIpc) is 3.27. The van der Waals surface area contributed by atoms with Gasteiger partial charge >= 0.3 is 6.09 Å². The first-order chi connectivity index (χ1) is 14.0. The van der Waals surface area contributed by atoms with E-state index in [0.717, 1.165) is 0 Å². The minimum atomic E-state index is -1.27. The summed E-state index contributed by atoms with van der Waals surface area (Å²) in [5.74, 6) is -0.0677. The molecule has 1 saturated heterocycles. The van der Waals surface area contributed by atoms with Gasteiger partial charge in [-0.1, -0.05) is 0 Å². The molecule has 0 aromatic heterocycles. The van der Waals surface area contributed by atoms with E-state index in [1.807, 2.05) is 0 Å². The Kier molecular flexibility index (Phi) is 6.64. The molecule has 2 amide bonds. The second kappa shape index (κ2) is 9.17. The van der Waals surface area contributed by atoms with Crippen LogP contribution in [-0.4, -0.2) is 95.9 Å². The Hall–Kier alpha value is -2.74. The van der Waals surface area contributed by atoms with Crippen LogP contribution in [0.15, 0.2) is 21.5 Å². The predicted molar refractivity (Wildman–Crippen MR) is 98.3 cm³/mol. The summed E-state index contributed by atoms with van der Waals surface area (Å²) in [6.45, 7) is -0.148. The largest absolute Gasteiger partial charge is 0.453 e. The lowest BCUT2D eigenvalue weighted by atomic mass is 10.1. The Morgan fingerprint density at radius 2 is 2.14 bits per heavy atom. The summed E-state index contributed by atoms with van der Waals surface area (Å²) in [7, 11) is 1.21. The molecule has 0 saturated carbocycles. The van der Waals surface area contributed by atoms with Crippen LogP contribution in [0.25, 0.3) is 0 Å². The van der Waals surface area contributed by atoms with Crippen LogP contribution in [0.5, 0.6) is 0 Å². The fourth-order valence-corrected chi connectivity index (χ4v) is 3.14. The SMILES string of the molecule is COC(=O)NC[C@H]1O[C@@H](N2C=NC3=C(NC(=O)CCCO)N=CNC32)[C@H](O)[C@@H]1O. The molecule has 6 N–H and O–H groups in total. The zero-order chi connectivity index (χ0) is 21.0. The first-order valence-electron chi connectivity index (χ1n) is 9.04. The molecule has 5 atom stereocenters. The first-order valence-corrected chi connectivity index (χ1v) is 9.04. The van der Waals surface area contributed by atoms with Gasteiger partial charge in [-0.15, -0.1) is 0 Å². The quantitative estimate of drug-likeness (QED) is 0.257. The number of alkyl carbamates (subject to hydrolysis) is 1. The number of carbonyl (C=O) groups excluding carboxylic acids is 2. The van der Waals surface area contributed by atoms with Crippen LogP contribution in [0, 0.1) is 0 Å². The molecule has 3 aliphatic heterocycles. The highest BCUT2D eigenvalue weighted by Crippen LogP contribution is 2.30. The molecule has 3 rings (SSSR count). The topological polar surface area (TPSA) is 177 Å². The summed E-state index contributed by atoms with van der Waals surface area (Å²) < 4.78 is 10.2. The third-order valence-electron chi connectivity index (χ3n) is 4.64. The molecule has 1 unspecified atom stereocenters. The molecule has 0 aliphatic carbocycles. The van der Waals surface area contributed by atoms with E-state index in [0.29, 0.717) is 12.1 Å². The molecule has 3 heterocycles. The van der Waals surface area contributed by atoms with E-state index in [2.05, 4.69) is 30.7 Å². The number of nitrogens with one attached hydrogen (secondary N) is 3. The zero-order valence-electron chi connectivity index (χ0n) is 15.7. The van der Waals surface area contributed by atoms with Gasteiger partial charge in [-0.25, -0.2) is 14.8 Å². The van der Waals surface area contributed by atoms with Gasteiger partial charge in [0.05, 0.1) is 19.8 Å². The number of aliphatic imine (C=N–C) groups is 2. The number of aliphatic hydroxyl groups excluding tert-OH is 3. The van der Waals surface area contributed by atoms with E-state index in [4.69, 9.17) is 9.84 Å².